The molecule has 0 aliphatic heterocycles. The first-order chi connectivity index (χ1) is 9.49. The minimum Gasteiger partial charge on any atom is -0.481 e. The Labute approximate surface area is 132 Å². The highest BCUT2D eigenvalue weighted by Gasteiger charge is 2.23. The van der Waals surface area contributed by atoms with Crippen LogP contribution in [0.2, 0.25) is 0 Å². The molecule has 0 aromatic heterocycles. The van der Waals surface area contributed by atoms with E-state index in [0.717, 1.165) is 10.0 Å². The maximum absolute atomic E-state index is 13.1. The number of rotatable bonds is 4. The Morgan fingerprint density at radius 2 is 1.85 bits per heavy atom. The molecular weight excluding hydrogens is 391 g/mol. The standard InChI is InChI=1S/C15H11Br2FO2/c16-13-4-2-1-3-11(13)12(15(19)20)7-9-5-6-10(18)8-14(9)17/h1-6,8,12H,7H2,(H,19,20). The fourth-order valence-electron chi connectivity index (χ4n) is 2.00. The number of halogens is 3. The van der Waals surface area contributed by atoms with Crippen LogP contribution in [0.3, 0.4) is 0 Å². The van der Waals surface area contributed by atoms with E-state index < -0.39 is 11.9 Å². The van der Waals surface area contributed by atoms with E-state index in [2.05, 4.69) is 31.9 Å². The number of carboxylic acids is 1. The Bertz CT molecular complexity index is 644. The van der Waals surface area contributed by atoms with E-state index in [1.54, 1.807) is 18.2 Å². The van der Waals surface area contributed by atoms with E-state index in [0.29, 0.717) is 16.5 Å². The molecule has 1 atom stereocenters. The molecule has 2 nitrogen and oxygen atoms in total. The summed E-state index contributed by atoms with van der Waals surface area (Å²) >= 11 is 6.64. The average molecular weight is 402 g/mol. The van der Waals surface area contributed by atoms with Crippen LogP contribution in [-0.2, 0) is 11.2 Å². The van der Waals surface area contributed by atoms with Crippen LogP contribution in [0.25, 0.3) is 0 Å². The van der Waals surface area contributed by atoms with Gasteiger partial charge in [-0.15, -0.1) is 0 Å². The fourth-order valence-corrected chi connectivity index (χ4v) is 3.07. The van der Waals surface area contributed by atoms with Gasteiger partial charge in [0.15, 0.2) is 0 Å². The van der Waals surface area contributed by atoms with Crippen molar-refractivity contribution in [3.05, 3.63) is 68.4 Å². The van der Waals surface area contributed by atoms with Crippen LogP contribution in [0.5, 0.6) is 0 Å². The highest BCUT2D eigenvalue weighted by Crippen LogP contribution is 2.30. The van der Waals surface area contributed by atoms with Gasteiger partial charge in [0.05, 0.1) is 5.92 Å². The normalized spacial score (nSPS) is 12.2. The molecule has 0 amide bonds. The minimum atomic E-state index is -0.909. The van der Waals surface area contributed by atoms with Gasteiger partial charge in [-0.25, -0.2) is 4.39 Å². The largest absolute Gasteiger partial charge is 0.481 e. The quantitative estimate of drug-likeness (QED) is 0.801. The number of hydrogen-bond acceptors (Lipinski definition) is 1. The van der Waals surface area contributed by atoms with E-state index >= 15 is 0 Å². The third-order valence-electron chi connectivity index (χ3n) is 3.02. The molecule has 0 bridgehead atoms. The second-order valence-corrected chi connectivity index (χ2v) is 6.06. The summed E-state index contributed by atoms with van der Waals surface area (Å²) in [6.07, 6.45) is 0.290. The van der Waals surface area contributed by atoms with Crippen LogP contribution in [0.1, 0.15) is 17.0 Å². The maximum Gasteiger partial charge on any atom is 0.311 e. The van der Waals surface area contributed by atoms with Crippen molar-refractivity contribution in [1.29, 1.82) is 0 Å². The number of aliphatic carboxylic acids is 1. The third kappa shape index (κ3) is 3.46. The monoisotopic (exact) mass is 400 g/mol. The lowest BCUT2D eigenvalue weighted by molar-refractivity contribution is -0.138. The van der Waals surface area contributed by atoms with Gasteiger partial charge in [-0.2, -0.15) is 0 Å². The van der Waals surface area contributed by atoms with E-state index in [9.17, 15) is 14.3 Å². The minimum absolute atomic E-state index is 0.290. The van der Waals surface area contributed by atoms with Gasteiger partial charge in [-0.1, -0.05) is 56.1 Å². The van der Waals surface area contributed by atoms with Crippen molar-refractivity contribution in [3.8, 4) is 0 Å². The second kappa shape index (κ2) is 6.50. The Morgan fingerprint density at radius 1 is 1.15 bits per heavy atom. The number of benzene rings is 2. The third-order valence-corrected chi connectivity index (χ3v) is 4.48. The van der Waals surface area contributed by atoms with Crippen LogP contribution >= 0.6 is 31.9 Å². The van der Waals surface area contributed by atoms with Gasteiger partial charge >= 0.3 is 5.97 Å². The van der Waals surface area contributed by atoms with Crippen LogP contribution < -0.4 is 0 Å². The van der Waals surface area contributed by atoms with Crippen molar-refractivity contribution in [2.75, 3.05) is 0 Å². The molecule has 0 aliphatic carbocycles. The first kappa shape index (κ1) is 15.2. The van der Waals surface area contributed by atoms with Crippen molar-refractivity contribution in [3.63, 3.8) is 0 Å². The zero-order chi connectivity index (χ0) is 14.7. The predicted octanol–water partition coefficient (Wildman–Crippen LogP) is 4.76. The highest BCUT2D eigenvalue weighted by atomic mass is 79.9. The van der Waals surface area contributed by atoms with Gasteiger partial charge in [0.2, 0.25) is 0 Å². The number of carbonyl (C=O) groups is 1. The molecule has 0 radical (unpaired) electrons. The zero-order valence-corrected chi connectivity index (χ0v) is 13.5. The lowest BCUT2D eigenvalue weighted by Gasteiger charge is -2.15. The molecule has 0 fully saturated rings. The summed E-state index contributed by atoms with van der Waals surface area (Å²) in [5.74, 6) is -1.95. The predicted molar refractivity (Wildman–Crippen MR) is 82.3 cm³/mol. The van der Waals surface area contributed by atoms with E-state index in [1.807, 2.05) is 12.1 Å². The van der Waals surface area contributed by atoms with Gasteiger partial charge < -0.3 is 5.11 Å². The summed E-state index contributed by atoms with van der Waals surface area (Å²) in [4.78, 5) is 11.5. The van der Waals surface area contributed by atoms with E-state index in [1.165, 1.54) is 12.1 Å². The maximum atomic E-state index is 13.1. The fraction of sp³-hybridized carbons (Fsp3) is 0.133. The molecule has 20 heavy (non-hydrogen) atoms. The summed E-state index contributed by atoms with van der Waals surface area (Å²) < 4.78 is 14.4. The molecule has 1 unspecified atom stereocenters. The van der Waals surface area contributed by atoms with Crippen molar-refractivity contribution < 1.29 is 14.3 Å². The van der Waals surface area contributed by atoms with Crippen molar-refractivity contribution in [2.45, 2.75) is 12.3 Å². The highest BCUT2D eigenvalue weighted by molar-refractivity contribution is 9.10. The van der Waals surface area contributed by atoms with Crippen molar-refractivity contribution in [2.24, 2.45) is 0 Å². The zero-order valence-electron chi connectivity index (χ0n) is 10.3. The molecule has 2 aromatic rings. The Kier molecular flexibility index (Phi) is 4.94. The van der Waals surface area contributed by atoms with Crippen LogP contribution in [-0.4, -0.2) is 11.1 Å². The summed E-state index contributed by atoms with van der Waals surface area (Å²) in [5, 5.41) is 9.45. The van der Waals surface area contributed by atoms with Crippen molar-refractivity contribution in [1.82, 2.24) is 0 Å². The molecule has 2 rings (SSSR count). The topological polar surface area (TPSA) is 37.3 Å². The Balaban J connectivity index is 2.36. The van der Waals surface area contributed by atoms with Crippen molar-refractivity contribution >= 4 is 37.8 Å². The molecule has 0 saturated heterocycles. The first-order valence-electron chi connectivity index (χ1n) is 5.90. The van der Waals surface area contributed by atoms with Gasteiger partial charge in [0.1, 0.15) is 5.82 Å². The van der Waals surface area contributed by atoms with Gasteiger partial charge in [-0.05, 0) is 35.7 Å². The summed E-state index contributed by atoms with van der Waals surface area (Å²) in [6, 6.07) is 11.5. The lowest BCUT2D eigenvalue weighted by Crippen LogP contribution is -2.15. The Hall–Kier alpha value is -1.20. The molecular formula is C15H11Br2FO2. The molecule has 5 heteroatoms. The van der Waals surface area contributed by atoms with E-state index in [-0.39, 0.29) is 5.82 Å². The summed E-state index contributed by atoms with van der Waals surface area (Å²) in [6.45, 7) is 0. The molecule has 0 heterocycles. The lowest BCUT2D eigenvalue weighted by atomic mass is 9.92. The number of carboxylic acid groups (broad SMARTS) is 1. The second-order valence-electron chi connectivity index (χ2n) is 4.35. The van der Waals surface area contributed by atoms with Gasteiger partial charge in [-0.3, -0.25) is 4.79 Å². The van der Waals surface area contributed by atoms with E-state index in [4.69, 9.17) is 0 Å². The molecule has 1 N–H and O–H groups in total. The van der Waals surface area contributed by atoms with Gasteiger partial charge in [0.25, 0.3) is 0 Å². The Morgan fingerprint density at radius 3 is 2.45 bits per heavy atom. The smallest absolute Gasteiger partial charge is 0.311 e. The van der Waals surface area contributed by atoms with Gasteiger partial charge in [0, 0.05) is 8.95 Å². The first-order valence-corrected chi connectivity index (χ1v) is 7.49. The molecule has 104 valence electrons. The molecule has 0 spiro atoms. The van der Waals surface area contributed by atoms with Crippen LogP contribution in [0.15, 0.2) is 51.4 Å². The average Bonchev–Trinajstić information content (AvgIpc) is 2.39. The SMILES string of the molecule is O=C(O)C(Cc1ccc(F)cc1Br)c1ccccc1Br. The molecule has 0 saturated carbocycles. The molecule has 0 aliphatic rings. The summed E-state index contributed by atoms with van der Waals surface area (Å²) in [5.41, 5.74) is 1.46. The summed E-state index contributed by atoms with van der Waals surface area (Å²) in [7, 11) is 0. The van der Waals surface area contributed by atoms with Crippen LogP contribution in [0.4, 0.5) is 4.39 Å². The molecule has 2 aromatic carbocycles. The van der Waals surface area contributed by atoms with Crippen LogP contribution in [0, 0.1) is 5.82 Å². The number of hydrogen-bond donors (Lipinski definition) is 1.